The molecule has 0 aliphatic carbocycles. The van der Waals surface area contributed by atoms with Gasteiger partial charge in [0, 0.05) is 12.1 Å². The van der Waals surface area contributed by atoms with Gasteiger partial charge in [0.1, 0.15) is 0 Å². The summed E-state index contributed by atoms with van der Waals surface area (Å²) in [6.45, 7) is 0. The fourth-order valence-electron chi connectivity index (χ4n) is 1.06. The second kappa shape index (κ2) is 3.49. The van der Waals surface area contributed by atoms with Gasteiger partial charge in [-0.2, -0.15) is 0 Å². The van der Waals surface area contributed by atoms with Gasteiger partial charge >= 0.3 is 11.8 Å². The van der Waals surface area contributed by atoms with Crippen molar-refractivity contribution in [3.05, 3.63) is 30.5 Å². The van der Waals surface area contributed by atoms with Crippen LogP contribution in [-0.2, 0) is 0 Å². The Morgan fingerprint density at radius 3 is 2.54 bits per heavy atom. The summed E-state index contributed by atoms with van der Waals surface area (Å²) in [7, 11) is 0. The maximum atomic E-state index is 9.13. The molecule has 0 saturated carbocycles. The summed E-state index contributed by atoms with van der Waals surface area (Å²) < 4.78 is 5.08. The maximum absolute atomic E-state index is 9.13. The van der Waals surface area contributed by atoms with Crippen LogP contribution >= 0.6 is 0 Å². The molecule has 0 bridgehead atoms. The highest BCUT2D eigenvalue weighted by Crippen LogP contribution is 2.29. The lowest BCUT2D eigenvalue weighted by Gasteiger charge is -1.93. The van der Waals surface area contributed by atoms with Gasteiger partial charge in [0.2, 0.25) is 0 Å². The molecule has 1 heterocycles. The number of hydrogen-bond donors (Lipinski definition) is 2. The van der Waals surface area contributed by atoms with E-state index in [1.54, 1.807) is 12.1 Å². The monoisotopic (exact) mass is 198 g/mol. The van der Waals surface area contributed by atoms with E-state index in [1.165, 1.54) is 18.4 Å². The fraction of sp³-hybridized carbons (Fsp3) is 0. The van der Waals surface area contributed by atoms with Crippen molar-refractivity contribution in [2.45, 2.75) is 0 Å². The van der Waals surface area contributed by atoms with E-state index in [4.69, 9.17) is 14.6 Å². The SMILES string of the molecule is Oc1cc2ccc[o+]c2cc1O.[Cl-]. The van der Waals surface area contributed by atoms with Crippen molar-refractivity contribution in [3.8, 4) is 11.5 Å². The molecule has 0 aliphatic rings. The van der Waals surface area contributed by atoms with E-state index in [0.29, 0.717) is 5.58 Å². The molecule has 0 spiro atoms. The van der Waals surface area contributed by atoms with Gasteiger partial charge in [0.15, 0.2) is 11.5 Å². The van der Waals surface area contributed by atoms with Crippen LogP contribution in [0.3, 0.4) is 0 Å². The Hall–Kier alpha value is -1.48. The predicted molar refractivity (Wildman–Crippen MR) is 44.0 cm³/mol. The molecule has 4 heteroatoms. The summed E-state index contributed by atoms with van der Waals surface area (Å²) in [6.07, 6.45) is 1.51. The lowest BCUT2D eigenvalue weighted by atomic mass is 10.2. The molecule has 2 rings (SSSR count). The first-order chi connectivity index (χ1) is 5.77. The van der Waals surface area contributed by atoms with Crippen LogP contribution in [0.2, 0.25) is 0 Å². The highest BCUT2D eigenvalue weighted by molar-refractivity contribution is 5.80. The van der Waals surface area contributed by atoms with Gasteiger partial charge in [-0.15, -0.1) is 0 Å². The van der Waals surface area contributed by atoms with E-state index in [2.05, 4.69) is 0 Å². The first-order valence-electron chi connectivity index (χ1n) is 3.50. The minimum Gasteiger partial charge on any atom is -1.00 e. The van der Waals surface area contributed by atoms with Crippen LogP contribution in [0.15, 0.2) is 34.9 Å². The van der Waals surface area contributed by atoms with Crippen molar-refractivity contribution in [3.63, 3.8) is 0 Å². The minimum absolute atomic E-state index is 0. The fourth-order valence-corrected chi connectivity index (χ4v) is 1.06. The van der Waals surface area contributed by atoms with Crippen LogP contribution in [0.4, 0.5) is 0 Å². The van der Waals surface area contributed by atoms with Gasteiger partial charge in [-0.25, -0.2) is 4.42 Å². The molecule has 2 N–H and O–H groups in total. The summed E-state index contributed by atoms with van der Waals surface area (Å²) in [4.78, 5) is 0. The molecule has 0 saturated heterocycles. The van der Waals surface area contributed by atoms with Crippen molar-refractivity contribution in [2.24, 2.45) is 0 Å². The van der Waals surface area contributed by atoms with Gasteiger partial charge < -0.3 is 22.6 Å². The summed E-state index contributed by atoms with van der Waals surface area (Å²) in [5.74, 6) is -0.304. The Morgan fingerprint density at radius 2 is 1.77 bits per heavy atom. The molecular weight excluding hydrogens is 192 g/mol. The van der Waals surface area contributed by atoms with Gasteiger partial charge in [-0.05, 0) is 6.07 Å². The second-order valence-electron chi connectivity index (χ2n) is 2.49. The van der Waals surface area contributed by atoms with Crippen molar-refractivity contribution < 1.29 is 27.0 Å². The Morgan fingerprint density at radius 1 is 1.08 bits per heavy atom. The molecule has 0 aliphatic heterocycles. The van der Waals surface area contributed by atoms with E-state index in [1.807, 2.05) is 0 Å². The van der Waals surface area contributed by atoms with Crippen molar-refractivity contribution in [1.29, 1.82) is 0 Å². The first kappa shape index (κ1) is 9.61. The number of rotatable bonds is 0. The van der Waals surface area contributed by atoms with E-state index in [-0.39, 0.29) is 23.9 Å². The Labute approximate surface area is 80.7 Å². The van der Waals surface area contributed by atoms with Crippen LogP contribution in [0, 0.1) is 0 Å². The molecule has 0 unspecified atom stereocenters. The number of phenolic OH excluding ortho intramolecular Hbond substituents is 2. The smallest absolute Gasteiger partial charge is 0.363 e. The lowest BCUT2D eigenvalue weighted by molar-refractivity contribution is -0.00000462. The van der Waals surface area contributed by atoms with Crippen molar-refractivity contribution >= 4 is 11.0 Å². The Balaban J connectivity index is 0.000000845. The van der Waals surface area contributed by atoms with Crippen molar-refractivity contribution in [1.82, 2.24) is 0 Å². The van der Waals surface area contributed by atoms with Gasteiger partial charge in [-0.3, -0.25) is 0 Å². The Kier molecular flexibility index (Phi) is 2.58. The number of fused-ring (bicyclic) bond motifs is 1. The van der Waals surface area contributed by atoms with Crippen molar-refractivity contribution in [2.75, 3.05) is 0 Å². The highest BCUT2D eigenvalue weighted by Gasteiger charge is 2.09. The third-order valence-electron chi connectivity index (χ3n) is 1.66. The maximum Gasteiger partial charge on any atom is 0.363 e. The largest absolute Gasteiger partial charge is 1.00 e. The third-order valence-corrected chi connectivity index (χ3v) is 1.66. The average molecular weight is 199 g/mol. The second-order valence-corrected chi connectivity index (χ2v) is 2.49. The van der Waals surface area contributed by atoms with E-state index < -0.39 is 0 Å². The van der Waals surface area contributed by atoms with Crippen LogP contribution in [0.5, 0.6) is 11.5 Å². The standard InChI is InChI=1S/C9H6O3.ClH/c10-7-4-6-2-1-3-12-9(6)5-8(7)11;/h1-5H,(H-,10,11);1H. The normalized spacial score (nSPS) is 9.54. The molecule has 3 nitrogen and oxygen atoms in total. The minimum atomic E-state index is -0.169. The molecule has 0 radical (unpaired) electrons. The van der Waals surface area contributed by atoms with E-state index >= 15 is 0 Å². The number of hydrogen-bond acceptors (Lipinski definition) is 2. The van der Waals surface area contributed by atoms with Gasteiger partial charge in [0.25, 0.3) is 0 Å². The zero-order valence-electron chi connectivity index (χ0n) is 6.57. The van der Waals surface area contributed by atoms with Crippen LogP contribution in [-0.4, -0.2) is 10.2 Å². The lowest BCUT2D eigenvalue weighted by Crippen LogP contribution is -3.00. The molecule has 68 valence electrons. The topological polar surface area (TPSA) is 51.8 Å². The van der Waals surface area contributed by atoms with E-state index in [9.17, 15) is 0 Å². The molecule has 0 fully saturated rings. The van der Waals surface area contributed by atoms with Crippen LogP contribution in [0.25, 0.3) is 11.0 Å². The molecular formula is C9H7ClO3. The molecule has 1 aromatic carbocycles. The summed E-state index contributed by atoms with van der Waals surface area (Å²) >= 11 is 0. The van der Waals surface area contributed by atoms with Gasteiger partial charge in [0.05, 0.1) is 11.5 Å². The number of benzene rings is 1. The number of phenols is 2. The zero-order valence-corrected chi connectivity index (χ0v) is 7.32. The zero-order chi connectivity index (χ0) is 8.55. The summed E-state index contributed by atoms with van der Waals surface area (Å²) in [6, 6.07) is 6.34. The Bertz CT molecular complexity index is 388. The van der Waals surface area contributed by atoms with Gasteiger partial charge in [-0.1, -0.05) is 0 Å². The molecule has 0 atom stereocenters. The predicted octanol–water partition coefficient (Wildman–Crippen LogP) is -0.871. The first-order valence-corrected chi connectivity index (χ1v) is 3.50. The molecule has 2 aromatic rings. The summed E-state index contributed by atoms with van der Waals surface area (Å²) in [5, 5.41) is 19.0. The quantitative estimate of drug-likeness (QED) is 0.428. The van der Waals surface area contributed by atoms with Crippen LogP contribution < -0.4 is 12.4 Å². The molecule has 1 aromatic heterocycles. The highest BCUT2D eigenvalue weighted by atomic mass is 35.5. The van der Waals surface area contributed by atoms with E-state index in [0.717, 1.165) is 5.39 Å². The average Bonchev–Trinajstić information content (AvgIpc) is 2.07. The summed E-state index contributed by atoms with van der Waals surface area (Å²) in [5.41, 5.74) is 0.549. The number of halogens is 1. The van der Waals surface area contributed by atoms with Crippen LogP contribution in [0.1, 0.15) is 0 Å². The molecule has 0 amide bonds. The number of aromatic hydroxyl groups is 2. The molecule has 13 heavy (non-hydrogen) atoms. The third kappa shape index (κ3) is 1.65.